The molecule has 1 amide bonds. The highest BCUT2D eigenvalue weighted by atomic mass is 35.5. The minimum absolute atomic E-state index is 0.0000471. The van der Waals surface area contributed by atoms with Crippen molar-refractivity contribution < 1.29 is 48.3 Å². The van der Waals surface area contributed by atoms with Crippen molar-refractivity contribution in [2.75, 3.05) is 11.0 Å². The maximum atomic E-state index is 15.3. The summed E-state index contributed by atoms with van der Waals surface area (Å²) >= 11 is 6.52. The van der Waals surface area contributed by atoms with Gasteiger partial charge in [0, 0.05) is 34.9 Å². The van der Waals surface area contributed by atoms with Crippen molar-refractivity contribution in [3.05, 3.63) is 93.5 Å². The smallest absolute Gasteiger partial charge is 0.293 e. The van der Waals surface area contributed by atoms with Gasteiger partial charge < -0.3 is 10.3 Å². The van der Waals surface area contributed by atoms with Crippen LogP contribution < -0.4 is 10.0 Å². The lowest BCUT2D eigenvalue weighted by molar-refractivity contribution is -0.123. The van der Waals surface area contributed by atoms with E-state index >= 15 is 8.78 Å². The van der Waals surface area contributed by atoms with Crippen molar-refractivity contribution in [2.24, 2.45) is 5.92 Å². The number of hydrogen-bond donors (Lipinski definition) is 3. The highest BCUT2D eigenvalue weighted by molar-refractivity contribution is 7.92. The topological polar surface area (TPSA) is 140 Å². The Morgan fingerprint density at radius 2 is 1.75 bits per heavy atom. The third-order valence-corrected chi connectivity index (χ3v) is 10.7. The Morgan fingerprint density at radius 1 is 1.02 bits per heavy atom. The Bertz CT molecular complexity index is 2660. The molecule has 0 bridgehead atoms. The number of halogens is 9. The average Bonchev–Trinajstić information content (AvgIpc) is 3.31. The number of pyridine rings is 1. The SMILES string of the molecule is CS(=O)(=O)Nc1nn(CC(F)F)c2c(-c3cc4[nH]ccc4nc3[C@H](Cc3cc(F)cc(F)c3)NC(=O)Cn3nc(C(F)F)c4c3C(F)(F)[C@@H]3C[C@H]43)ccc(Cl)c12. The van der Waals surface area contributed by atoms with E-state index in [0.29, 0.717) is 21.8 Å². The molecule has 0 spiro atoms. The summed E-state index contributed by atoms with van der Waals surface area (Å²) in [7, 11) is -4.01. The molecule has 11 nitrogen and oxygen atoms in total. The van der Waals surface area contributed by atoms with Gasteiger partial charge in [-0.2, -0.15) is 19.0 Å². The second-order valence-corrected chi connectivity index (χ2v) is 15.9. The zero-order valence-corrected chi connectivity index (χ0v) is 30.2. The average molecular weight is 827 g/mol. The Kier molecular flexibility index (Phi) is 9.05. The van der Waals surface area contributed by atoms with Gasteiger partial charge in [0.1, 0.15) is 36.1 Å². The lowest BCUT2D eigenvalue weighted by Crippen LogP contribution is -2.35. The molecule has 1 fully saturated rings. The third-order valence-electron chi connectivity index (χ3n) is 9.78. The predicted molar refractivity (Wildman–Crippen MR) is 187 cm³/mol. The number of fused-ring (bicyclic) bond motifs is 5. The molecule has 0 saturated heterocycles. The molecule has 0 radical (unpaired) electrons. The van der Waals surface area contributed by atoms with Gasteiger partial charge in [0.2, 0.25) is 15.9 Å². The van der Waals surface area contributed by atoms with E-state index in [1.165, 1.54) is 24.4 Å². The van der Waals surface area contributed by atoms with Gasteiger partial charge in [0.15, 0.2) is 5.82 Å². The second kappa shape index (κ2) is 13.5. The number of sulfonamides is 1. The number of H-pyrrole nitrogens is 1. The summed E-state index contributed by atoms with van der Waals surface area (Å²) in [6.07, 6.45) is -4.22. The highest BCUT2D eigenvalue weighted by Crippen LogP contribution is 2.68. The number of carbonyl (C=O) groups is 1. The number of benzene rings is 2. The Labute approximate surface area is 316 Å². The maximum absolute atomic E-state index is 15.3. The molecule has 294 valence electrons. The fraction of sp³-hybridized carbons (Fsp3) is 0.314. The molecule has 3 atom stereocenters. The van der Waals surface area contributed by atoms with Gasteiger partial charge in [-0.1, -0.05) is 17.7 Å². The Hall–Kier alpha value is -5.24. The lowest BCUT2D eigenvalue weighted by atomic mass is 9.93. The quantitative estimate of drug-likeness (QED) is 0.109. The number of amides is 1. The van der Waals surface area contributed by atoms with Crippen LogP contribution in [0.2, 0.25) is 5.02 Å². The minimum atomic E-state index is -4.01. The number of hydrogen-bond acceptors (Lipinski definition) is 6. The van der Waals surface area contributed by atoms with Crippen molar-refractivity contribution in [3.63, 3.8) is 0 Å². The molecule has 8 rings (SSSR count). The molecule has 0 unspecified atom stereocenters. The molecule has 2 aliphatic carbocycles. The molecular weight excluding hydrogens is 800 g/mol. The summed E-state index contributed by atoms with van der Waals surface area (Å²) in [4.78, 5) is 21.6. The molecule has 1 saturated carbocycles. The van der Waals surface area contributed by atoms with Crippen LogP contribution in [-0.4, -0.2) is 56.5 Å². The molecular formula is C35H27ClF8N8O3S. The van der Waals surface area contributed by atoms with E-state index in [1.807, 2.05) is 0 Å². The van der Waals surface area contributed by atoms with Crippen LogP contribution in [0.4, 0.5) is 40.9 Å². The Balaban J connectivity index is 1.29. The van der Waals surface area contributed by atoms with Crippen molar-refractivity contribution >= 4 is 55.3 Å². The lowest BCUT2D eigenvalue weighted by Gasteiger charge is -2.23. The number of anilines is 1. The summed E-state index contributed by atoms with van der Waals surface area (Å²) < 4.78 is 144. The number of alkyl halides is 6. The first-order valence-electron chi connectivity index (χ1n) is 16.8. The zero-order valence-electron chi connectivity index (χ0n) is 28.6. The van der Waals surface area contributed by atoms with Crippen LogP contribution >= 0.6 is 11.6 Å². The zero-order chi connectivity index (χ0) is 40.0. The summed E-state index contributed by atoms with van der Waals surface area (Å²) in [5, 5.41) is 10.3. The van der Waals surface area contributed by atoms with Crippen molar-refractivity contribution in [2.45, 2.75) is 56.7 Å². The largest absolute Gasteiger partial charge is 0.360 e. The van der Waals surface area contributed by atoms with E-state index in [1.54, 1.807) is 6.07 Å². The van der Waals surface area contributed by atoms with Gasteiger partial charge >= 0.3 is 0 Å². The summed E-state index contributed by atoms with van der Waals surface area (Å²) in [5.41, 5.74) is -1.07. The highest BCUT2D eigenvalue weighted by Gasteiger charge is 2.67. The second-order valence-electron chi connectivity index (χ2n) is 13.7. The molecule has 0 aliphatic heterocycles. The van der Waals surface area contributed by atoms with E-state index in [4.69, 9.17) is 16.6 Å². The number of nitrogens with one attached hydrogen (secondary N) is 3. The van der Waals surface area contributed by atoms with Gasteiger partial charge in [-0.25, -0.2) is 39.7 Å². The molecule has 56 heavy (non-hydrogen) atoms. The number of carbonyl (C=O) groups excluding carboxylic acids is 1. The molecule has 2 aliphatic rings. The Morgan fingerprint density at radius 3 is 2.43 bits per heavy atom. The van der Waals surface area contributed by atoms with Gasteiger partial charge in [-0.3, -0.25) is 18.9 Å². The molecule has 2 aromatic carbocycles. The monoisotopic (exact) mass is 826 g/mol. The molecule has 3 N–H and O–H groups in total. The van der Waals surface area contributed by atoms with Gasteiger partial charge in [0.25, 0.3) is 18.8 Å². The molecule has 6 aromatic rings. The van der Waals surface area contributed by atoms with Gasteiger partial charge in [0.05, 0.1) is 45.0 Å². The van der Waals surface area contributed by atoms with Crippen LogP contribution in [0.5, 0.6) is 0 Å². The fourth-order valence-electron chi connectivity index (χ4n) is 7.62. The first-order valence-corrected chi connectivity index (χ1v) is 19.1. The normalized spacial score (nSPS) is 17.9. The number of aromatic nitrogens is 6. The van der Waals surface area contributed by atoms with Crippen molar-refractivity contribution in [1.29, 1.82) is 0 Å². The van der Waals surface area contributed by atoms with E-state index < -0.39 is 88.7 Å². The van der Waals surface area contributed by atoms with Crippen LogP contribution in [0.15, 0.2) is 48.7 Å². The van der Waals surface area contributed by atoms with E-state index in [-0.39, 0.29) is 62.5 Å². The van der Waals surface area contributed by atoms with E-state index in [9.17, 15) is 39.6 Å². The van der Waals surface area contributed by atoms with Gasteiger partial charge in [-0.15, -0.1) is 0 Å². The van der Waals surface area contributed by atoms with Crippen LogP contribution in [-0.2, 0) is 40.3 Å². The van der Waals surface area contributed by atoms with Gasteiger partial charge in [-0.05, 0) is 54.7 Å². The van der Waals surface area contributed by atoms with Crippen molar-refractivity contribution in [1.82, 2.24) is 34.8 Å². The maximum Gasteiger partial charge on any atom is 0.293 e. The predicted octanol–water partition coefficient (Wildman–Crippen LogP) is 7.59. The van der Waals surface area contributed by atoms with E-state index in [2.05, 4.69) is 25.2 Å². The summed E-state index contributed by atoms with van der Waals surface area (Å²) in [5.74, 6) is -8.85. The minimum Gasteiger partial charge on any atom is -0.360 e. The van der Waals surface area contributed by atoms with Crippen LogP contribution in [0, 0.1) is 17.6 Å². The summed E-state index contributed by atoms with van der Waals surface area (Å²) in [6, 6.07) is 7.09. The molecule has 4 aromatic heterocycles. The van der Waals surface area contributed by atoms with Crippen LogP contribution in [0.3, 0.4) is 0 Å². The fourth-order valence-corrected chi connectivity index (χ4v) is 8.35. The van der Waals surface area contributed by atoms with Crippen LogP contribution in [0.25, 0.3) is 33.1 Å². The van der Waals surface area contributed by atoms with E-state index in [0.717, 1.165) is 23.1 Å². The molecule has 21 heteroatoms. The number of aromatic amines is 1. The summed E-state index contributed by atoms with van der Waals surface area (Å²) in [6.45, 7) is -1.97. The van der Waals surface area contributed by atoms with Crippen molar-refractivity contribution in [3.8, 4) is 11.1 Å². The third kappa shape index (κ3) is 6.71. The molecule has 4 heterocycles. The first-order chi connectivity index (χ1) is 26.4. The van der Waals surface area contributed by atoms with Crippen LogP contribution in [0.1, 0.15) is 53.0 Å². The first kappa shape index (κ1) is 37.7. The number of nitrogens with zero attached hydrogens (tertiary/aromatic N) is 5. The number of rotatable bonds is 12. The standard InChI is InChI=1S/C35H27ClF8N8O3S/c1-56(54,55)50-34-28-21(36)3-2-17(31(28)51(49-34)12-25(39)40)18-11-23-22(4-5-45-23)47-29(18)24(8-14-6-15(37)9-16(38)7-14)46-26(53)13-52-32-27(30(48-52)33(41)42)19-10-20(19)35(32,43)44/h2-7,9,11,19-20,24-25,33,45H,8,10,12-13H2,1H3,(H,46,53)(H,49,50)/t19-,20+,24-/m0/s1.